The van der Waals surface area contributed by atoms with Crippen LogP contribution in [0.3, 0.4) is 0 Å². The van der Waals surface area contributed by atoms with Crippen LogP contribution in [0, 0.1) is 0 Å². The van der Waals surface area contributed by atoms with Crippen molar-refractivity contribution >= 4 is 5.91 Å². The average molecular weight is 457 g/mol. The van der Waals surface area contributed by atoms with Crippen molar-refractivity contribution in [3.8, 4) is 11.5 Å². The van der Waals surface area contributed by atoms with Gasteiger partial charge in [-0.2, -0.15) is 0 Å². The van der Waals surface area contributed by atoms with Crippen LogP contribution in [0.5, 0.6) is 11.5 Å². The van der Waals surface area contributed by atoms with Crippen LogP contribution in [0.4, 0.5) is 0 Å². The summed E-state index contributed by atoms with van der Waals surface area (Å²) >= 11 is 0. The number of nitrogens with zero attached hydrogens (tertiary/aromatic N) is 3. The maximum absolute atomic E-state index is 12.8. The molecule has 34 heavy (non-hydrogen) atoms. The molecule has 0 saturated heterocycles. The van der Waals surface area contributed by atoms with E-state index < -0.39 is 0 Å². The molecule has 7 heteroatoms. The zero-order chi connectivity index (χ0) is 23.6. The van der Waals surface area contributed by atoms with Crippen molar-refractivity contribution in [3.63, 3.8) is 0 Å². The first-order chi connectivity index (χ1) is 16.7. The first-order valence-electron chi connectivity index (χ1n) is 11.3. The van der Waals surface area contributed by atoms with E-state index >= 15 is 0 Å². The van der Waals surface area contributed by atoms with Gasteiger partial charge >= 0.3 is 0 Å². The lowest BCUT2D eigenvalue weighted by atomic mass is 10.2. The molecule has 2 aromatic heterocycles. The van der Waals surface area contributed by atoms with E-state index in [4.69, 9.17) is 9.47 Å². The molecule has 0 atom stereocenters. The zero-order valence-corrected chi connectivity index (χ0v) is 19.2. The van der Waals surface area contributed by atoms with Gasteiger partial charge in [0.15, 0.2) is 11.5 Å². The molecule has 4 aromatic rings. The molecule has 4 rings (SSSR count). The number of aromatic nitrogens is 3. The maximum Gasteiger partial charge on any atom is 0.251 e. The Bertz CT molecular complexity index is 1190. The van der Waals surface area contributed by atoms with Crippen molar-refractivity contribution < 1.29 is 14.3 Å². The third-order valence-corrected chi connectivity index (χ3v) is 5.25. The van der Waals surface area contributed by atoms with Crippen molar-refractivity contribution in [1.82, 2.24) is 19.9 Å². The van der Waals surface area contributed by atoms with Crippen molar-refractivity contribution in [2.24, 2.45) is 0 Å². The second kappa shape index (κ2) is 11.7. The van der Waals surface area contributed by atoms with Crippen molar-refractivity contribution in [2.75, 3.05) is 13.2 Å². The van der Waals surface area contributed by atoms with Gasteiger partial charge in [-0.1, -0.05) is 36.4 Å². The van der Waals surface area contributed by atoms with Crippen LogP contribution in [-0.4, -0.2) is 33.6 Å². The second-order valence-electron chi connectivity index (χ2n) is 7.71. The molecule has 0 aliphatic rings. The normalized spacial score (nSPS) is 10.6. The van der Waals surface area contributed by atoms with E-state index in [1.54, 1.807) is 36.8 Å². The number of hydrogen-bond donors (Lipinski definition) is 1. The van der Waals surface area contributed by atoms with Crippen LogP contribution < -0.4 is 14.8 Å². The number of nitrogens with one attached hydrogen (secondary N) is 1. The molecule has 0 aliphatic heterocycles. The topological polar surface area (TPSA) is 78.3 Å². The number of rotatable bonds is 11. The van der Waals surface area contributed by atoms with Crippen LogP contribution in [0.2, 0.25) is 0 Å². The number of hydrogen-bond acceptors (Lipinski definition) is 5. The fraction of sp³-hybridized carbons (Fsp3) is 0.222. The summed E-state index contributed by atoms with van der Waals surface area (Å²) in [7, 11) is 0. The average Bonchev–Trinajstić information content (AvgIpc) is 3.31. The van der Waals surface area contributed by atoms with Crippen molar-refractivity contribution in [3.05, 3.63) is 108 Å². The van der Waals surface area contributed by atoms with Gasteiger partial charge in [-0.15, -0.1) is 0 Å². The largest absolute Gasteiger partial charge is 0.490 e. The van der Waals surface area contributed by atoms with Crippen molar-refractivity contribution in [2.45, 2.75) is 26.5 Å². The van der Waals surface area contributed by atoms with Gasteiger partial charge < -0.3 is 19.4 Å². The summed E-state index contributed by atoms with van der Waals surface area (Å²) in [4.78, 5) is 21.3. The lowest BCUT2D eigenvalue weighted by Gasteiger charge is -2.14. The molecule has 0 spiro atoms. The van der Waals surface area contributed by atoms with E-state index in [9.17, 15) is 4.79 Å². The molecular weight excluding hydrogens is 428 g/mol. The van der Waals surface area contributed by atoms with Crippen LogP contribution in [0.25, 0.3) is 0 Å². The molecular formula is C27H28N4O3. The van der Waals surface area contributed by atoms with E-state index in [0.717, 1.165) is 17.9 Å². The molecule has 7 nitrogen and oxygen atoms in total. The smallest absolute Gasteiger partial charge is 0.251 e. The van der Waals surface area contributed by atoms with Crippen LogP contribution in [0.15, 0.2) is 85.5 Å². The summed E-state index contributed by atoms with van der Waals surface area (Å²) < 4.78 is 13.7. The van der Waals surface area contributed by atoms with E-state index in [0.29, 0.717) is 43.2 Å². The maximum atomic E-state index is 12.8. The van der Waals surface area contributed by atoms with Crippen molar-refractivity contribution in [1.29, 1.82) is 0 Å². The van der Waals surface area contributed by atoms with Crippen LogP contribution >= 0.6 is 0 Å². The van der Waals surface area contributed by atoms with Gasteiger partial charge in [0.05, 0.1) is 6.61 Å². The van der Waals surface area contributed by atoms with E-state index in [1.165, 1.54) is 5.56 Å². The molecule has 1 amide bonds. The molecule has 0 saturated carbocycles. The second-order valence-corrected chi connectivity index (χ2v) is 7.71. The number of ether oxygens (including phenoxy) is 2. The summed E-state index contributed by atoms with van der Waals surface area (Å²) in [6.45, 7) is 3.97. The molecule has 0 unspecified atom stereocenters. The third kappa shape index (κ3) is 6.22. The van der Waals surface area contributed by atoms with Gasteiger partial charge in [0.1, 0.15) is 12.4 Å². The molecule has 0 aliphatic carbocycles. The molecule has 174 valence electrons. The monoisotopic (exact) mass is 456 g/mol. The first-order valence-corrected chi connectivity index (χ1v) is 11.3. The van der Waals surface area contributed by atoms with Gasteiger partial charge in [-0.05, 0) is 36.8 Å². The van der Waals surface area contributed by atoms with Gasteiger partial charge in [-0.25, -0.2) is 4.98 Å². The lowest BCUT2D eigenvalue weighted by molar-refractivity contribution is 0.0953. The highest BCUT2D eigenvalue weighted by Gasteiger charge is 2.12. The lowest BCUT2D eigenvalue weighted by Crippen LogP contribution is -2.26. The van der Waals surface area contributed by atoms with E-state index in [2.05, 4.69) is 32.0 Å². The van der Waals surface area contributed by atoms with Gasteiger partial charge in [0, 0.05) is 55.4 Å². The highest BCUT2D eigenvalue weighted by molar-refractivity contribution is 5.94. The Labute approximate surface area is 199 Å². The minimum Gasteiger partial charge on any atom is -0.490 e. The molecule has 0 radical (unpaired) electrons. The molecule has 0 fully saturated rings. The standard InChI is InChI=1S/C27H28N4O3/c1-2-33-25-17-23(10-11-24(25)34-20-22-9-6-13-28-18-22)27(32)30-14-12-26-29-15-16-31(26)19-21-7-4-3-5-8-21/h3-11,13,15-18H,2,12,14,19-20H2,1H3,(H,30,32). The molecule has 0 bridgehead atoms. The van der Waals surface area contributed by atoms with Gasteiger partial charge in [0.2, 0.25) is 0 Å². The predicted octanol–water partition coefficient (Wildman–Crippen LogP) is 4.28. The number of benzene rings is 2. The highest BCUT2D eigenvalue weighted by Crippen LogP contribution is 2.29. The Balaban J connectivity index is 1.34. The van der Waals surface area contributed by atoms with Crippen LogP contribution in [0.1, 0.15) is 34.2 Å². The molecule has 1 N–H and O–H groups in total. The van der Waals surface area contributed by atoms with E-state index in [1.807, 2.05) is 43.5 Å². The Kier molecular flexibility index (Phi) is 7.90. The molecule has 2 aromatic carbocycles. The summed E-state index contributed by atoms with van der Waals surface area (Å²) in [5.41, 5.74) is 2.68. The van der Waals surface area contributed by atoms with Crippen LogP contribution in [-0.2, 0) is 19.6 Å². The van der Waals surface area contributed by atoms with E-state index in [-0.39, 0.29) is 5.91 Å². The number of carbonyl (C=O) groups is 1. The number of amides is 1. The van der Waals surface area contributed by atoms with Gasteiger partial charge in [0.25, 0.3) is 5.91 Å². The summed E-state index contributed by atoms with van der Waals surface area (Å²) in [5, 5.41) is 2.98. The Morgan fingerprint density at radius 2 is 1.82 bits per heavy atom. The Hall–Kier alpha value is -4.13. The fourth-order valence-corrected chi connectivity index (χ4v) is 3.56. The third-order valence-electron chi connectivity index (χ3n) is 5.25. The Morgan fingerprint density at radius 1 is 0.971 bits per heavy atom. The minimum absolute atomic E-state index is 0.166. The summed E-state index contributed by atoms with van der Waals surface area (Å²) in [6.07, 6.45) is 7.87. The zero-order valence-electron chi connectivity index (χ0n) is 19.2. The number of pyridine rings is 1. The first kappa shape index (κ1) is 23.0. The molecule has 2 heterocycles. The fourth-order valence-electron chi connectivity index (χ4n) is 3.56. The minimum atomic E-state index is -0.166. The Morgan fingerprint density at radius 3 is 2.62 bits per heavy atom. The number of carbonyl (C=O) groups excluding carboxylic acids is 1. The summed E-state index contributed by atoms with van der Waals surface area (Å²) in [5.74, 6) is 1.89. The SMILES string of the molecule is CCOc1cc(C(=O)NCCc2nccn2Cc2ccccc2)ccc1OCc1cccnc1. The predicted molar refractivity (Wildman–Crippen MR) is 130 cm³/mol. The quantitative estimate of drug-likeness (QED) is 0.365. The number of imidazole rings is 1. The summed E-state index contributed by atoms with van der Waals surface area (Å²) in [6, 6.07) is 19.3. The van der Waals surface area contributed by atoms with Gasteiger partial charge in [-0.3, -0.25) is 9.78 Å². The highest BCUT2D eigenvalue weighted by atomic mass is 16.5.